The summed E-state index contributed by atoms with van der Waals surface area (Å²) in [4.78, 5) is 72.2. The molecule has 14 heteroatoms. The van der Waals surface area contributed by atoms with E-state index in [9.17, 15) is 39.0 Å². The van der Waals surface area contributed by atoms with E-state index in [1.54, 1.807) is 26.0 Å². The molecule has 0 bridgehead atoms. The van der Waals surface area contributed by atoms with Gasteiger partial charge in [-0.05, 0) is 30.0 Å². The van der Waals surface area contributed by atoms with Crippen molar-refractivity contribution in [2.45, 2.75) is 63.7 Å². The monoisotopic (exact) mass is 523 g/mol. The van der Waals surface area contributed by atoms with Gasteiger partial charge in [-0.25, -0.2) is 4.79 Å². The van der Waals surface area contributed by atoms with Gasteiger partial charge in [0.1, 0.15) is 23.9 Å². The molecule has 1 rings (SSSR count). The van der Waals surface area contributed by atoms with Crippen molar-refractivity contribution in [3.63, 3.8) is 0 Å². The van der Waals surface area contributed by atoms with Crippen LogP contribution in [0.25, 0.3) is 0 Å². The van der Waals surface area contributed by atoms with Crippen molar-refractivity contribution >= 4 is 35.6 Å². The molecule has 0 saturated heterocycles. The highest BCUT2D eigenvalue weighted by Crippen LogP contribution is 2.12. The molecule has 0 aliphatic rings. The SMILES string of the molecule is CCC(C)C(NC(=O)C(CC(N)=O)NC(=O)C(N)Cc1ccc(O)cc1)C(=O)NC(CC(=O)O)C(=O)O. The zero-order chi connectivity index (χ0) is 28.3. The van der Waals surface area contributed by atoms with Crippen LogP contribution < -0.4 is 27.4 Å². The first kappa shape index (κ1) is 30.8. The number of rotatable bonds is 15. The summed E-state index contributed by atoms with van der Waals surface area (Å²) < 4.78 is 0. The first-order chi connectivity index (χ1) is 17.2. The molecule has 0 saturated carbocycles. The molecule has 37 heavy (non-hydrogen) atoms. The van der Waals surface area contributed by atoms with Gasteiger partial charge in [0, 0.05) is 0 Å². The molecule has 0 heterocycles. The Balaban J connectivity index is 3.01. The van der Waals surface area contributed by atoms with Crippen molar-refractivity contribution in [1.29, 1.82) is 0 Å². The molecular weight excluding hydrogens is 490 g/mol. The minimum absolute atomic E-state index is 0.0255. The third kappa shape index (κ3) is 10.5. The molecule has 0 spiro atoms. The third-order valence-electron chi connectivity index (χ3n) is 5.55. The lowest BCUT2D eigenvalue weighted by Gasteiger charge is -2.27. The summed E-state index contributed by atoms with van der Waals surface area (Å²) in [5, 5.41) is 34.3. The van der Waals surface area contributed by atoms with E-state index < -0.39 is 78.5 Å². The molecular formula is C23H33N5O9. The van der Waals surface area contributed by atoms with Gasteiger partial charge in [0.05, 0.1) is 18.9 Å². The van der Waals surface area contributed by atoms with Crippen molar-refractivity contribution in [3.05, 3.63) is 29.8 Å². The Morgan fingerprint density at radius 1 is 0.865 bits per heavy atom. The number of hydrogen-bond acceptors (Lipinski definition) is 8. The number of hydrogen-bond donors (Lipinski definition) is 8. The highest BCUT2D eigenvalue weighted by Gasteiger charge is 2.33. The molecule has 0 aliphatic heterocycles. The van der Waals surface area contributed by atoms with Crippen LogP contribution in [0.4, 0.5) is 0 Å². The number of nitrogens with one attached hydrogen (secondary N) is 3. The lowest BCUT2D eigenvalue weighted by molar-refractivity contribution is -0.147. The molecule has 0 aliphatic carbocycles. The van der Waals surface area contributed by atoms with Gasteiger partial charge in [0.25, 0.3) is 0 Å². The van der Waals surface area contributed by atoms with Crippen LogP contribution in [0.5, 0.6) is 5.75 Å². The largest absolute Gasteiger partial charge is 0.508 e. The summed E-state index contributed by atoms with van der Waals surface area (Å²) in [7, 11) is 0. The zero-order valence-corrected chi connectivity index (χ0v) is 20.5. The lowest BCUT2D eigenvalue weighted by Crippen LogP contribution is -2.59. The van der Waals surface area contributed by atoms with Crippen molar-refractivity contribution < 1.29 is 44.1 Å². The summed E-state index contributed by atoms with van der Waals surface area (Å²) in [5.74, 6) is -7.16. The van der Waals surface area contributed by atoms with Gasteiger partial charge in [0.15, 0.2) is 0 Å². The number of carboxylic acid groups (broad SMARTS) is 2. The minimum atomic E-state index is -1.74. The summed E-state index contributed by atoms with van der Waals surface area (Å²) in [6, 6.07) is 0.251. The summed E-state index contributed by atoms with van der Waals surface area (Å²) >= 11 is 0. The molecule has 204 valence electrons. The van der Waals surface area contributed by atoms with Crippen LogP contribution in [0.3, 0.4) is 0 Å². The molecule has 0 fully saturated rings. The average molecular weight is 524 g/mol. The molecule has 0 aromatic heterocycles. The molecule has 1 aromatic carbocycles. The minimum Gasteiger partial charge on any atom is -0.508 e. The van der Waals surface area contributed by atoms with E-state index in [1.807, 2.05) is 0 Å². The second kappa shape index (κ2) is 14.4. The maximum Gasteiger partial charge on any atom is 0.326 e. The van der Waals surface area contributed by atoms with Gasteiger partial charge in [-0.3, -0.25) is 24.0 Å². The van der Waals surface area contributed by atoms with Crippen LogP contribution in [-0.2, 0) is 35.2 Å². The first-order valence-electron chi connectivity index (χ1n) is 11.4. The van der Waals surface area contributed by atoms with Crippen molar-refractivity contribution in [2.24, 2.45) is 17.4 Å². The maximum absolute atomic E-state index is 13.0. The fourth-order valence-corrected chi connectivity index (χ4v) is 3.26. The first-order valence-corrected chi connectivity index (χ1v) is 11.4. The molecule has 5 atom stereocenters. The van der Waals surface area contributed by atoms with Crippen LogP contribution >= 0.6 is 0 Å². The molecule has 4 amide bonds. The second-order valence-electron chi connectivity index (χ2n) is 8.58. The van der Waals surface area contributed by atoms with Gasteiger partial charge in [-0.1, -0.05) is 32.4 Å². The van der Waals surface area contributed by atoms with E-state index >= 15 is 0 Å². The number of phenols is 1. The zero-order valence-electron chi connectivity index (χ0n) is 20.5. The number of phenolic OH excluding ortho intramolecular Hbond substituents is 1. The standard InChI is InChI=1S/C23H33N5O9/c1-3-11(2)19(22(35)27-16(23(36)37)10-18(31)32)28-21(34)15(9-17(25)30)26-20(33)14(24)8-12-4-6-13(29)7-5-12/h4-7,11,14-16,19,29H,3,8-10,24H2,1-2H3,(H2,25,30)(H,26,33)(H,27,35)(H,28,34)(H,31,32)(H,36,37). The highest BCUT2D eigenvalue weighted by molar-refractivity contribution is 5.96. The van der Waals surface area contributed by atoms with Crippen LogP contribution in [-0.4, -0.2) is 75.1 Å². The molecule has 14 nitrogen and oxygen atoms in total. The van der Waals surface area contributed by atoms with Gasteiger partial charge in [-0.2, -0.15) is 0 Å². The van der Waals surface area contributed by atoms with Gasteiger partial charge < -0.3 is 42.7 Å². The Labute approximate surface area is 212 Å². The van der Waals surface area contributed by atoms with Crippen LogP contribution in [0.15, 0.2) is 24.3 Å². The lowest BCUT2D eigenvalue weighted by atomic mass is 9.97. The van der Waals surface area contributed by atoms with Crippen LogP contribution in [0.2, 0.25) is 0 Å². The number of aliphatic carboxylic acids is 2. The van der Waals surface area contributed by atoms with E-state index in [0.29, 0.717) is 12.0 Å². The number of amides is 4. The Kier molecular flexibility index (Phi) is 12.0. The number of benzene rings is 1. The Morgan fingerprint density at radius 2 is 1.43 bits per heavy atom. The van der Waals surface area contributed by atoms with E-state index in [0.717, 1.165) is 0 Å². The Bertz CT molecular complexity index is 999. The molecule has 5 unspecified atom stereocenters. The van der Waals surface area contributed by atoms with Crippen molar-refractivity contribution in [2.75, 3.05) is 0 Å². The number of carbonyl (C=O) groups is 6. The van der Waals surface area contributed by atoms with Crippen molar-refractivity contribution in [3.8, 4) is 5.75 Å². The van der Waals surface area contributed by atoms with Gasteiger partial charge in [0.2, 0.25) is 23.6 Å². The Morgan fingerprint density at radius 3 is 1.92 bits per heavy atom. The van der Waals surface area contributed by atoms with Gasteiger partial charge >= 0.3 is 11.9 Å². The molecule has 1 aromatic rings. The highest BCUT2D eigenvalue weighted by atomic mass is 16.4. The maximum atomic E-state index is 13.0. The normalized spacial score (nSPS) is 14.8. The third-order valence-corrected chi connectivity index (χ3v) is 5.55. The number of aromatic hydroxyl groups is 1. The predicted octanol–water partition coefficient (Wildman–Crippen LogP) is -1.80. The quantitative estimate of drug-likeness (QED) is 0.128. The average Bonchev–Trinajstić information content (AvgIpc) is 2.81. The van der Waals surface area contributed by atoms with Crippen molar-refractivity contribution in [1.82, 2.24) is 16.0 Å². The number of carbonyl (C=O) groups excluding carboxylic acids is 4. The fourth-order valence-electron chi connectivity index (χ4n) is 3.26. The van der Waals surface area contributed by atoms with E-state index in [1.165, 1.54) is 12.1 Å². The summed E-state index contributed by atoms with van der Waals surface area (Å²) in [6.45, 7) is 3.29. The fraction of sp³-hybridized carbons (Fsp3) is 0.478. The van der Waals surface area contributed by atoms with E-state index in [-0.39, 0.29) is 12.2 Å². The summed E-state index contributed by atoms with van der Waals surface area (Å²) in [5.41, 5.74) is 11.8. The smallest absolute Gasteiger partial charge is 0.326 e. The van der Waals surface area contributed by atoms with Crippen LogP contribution in [0, 0.1) is 5.92 Å². The molecule has 0 radical (unpaired) electrons. The number of primary amides is 1. The van der Waals surface area contributed by atoms with E-state index in [4.69, 9.17) is 16.6 Å². The Hall–Kier alpha value is -4.20. The van der Waals surface area contributed by atoms with Gasteiger partial charge in [-0.15, -0.1) is 0 Å². The molecule has 10 N–H and O–H groups in total. The van der Waals surface area contributed by atoms with E-state index in [2.05, 4.69) is 16.0 Å². The predicted molar refractivity (Wildman–Crippen MR) is 129 cm³/mol. The second-order valence-corrected chi connectivity index (χ2v) is 8.58. The summed E-state index contributed by atoms with van der Waals surface area (Å²) in [6.07, 6.45) is -1.09. The number of carboxylic acids is 2. The number of nitrogens with two attached hydrogens (primary N) is 2. The topological polar surface area (TPSA) is 251 Å². The van der Waals surface area contributed by atoms with Crippen LogP contribution in [0.1, 0.15) is 38.7 Å².